The fourth-order valence-electron chi connectivity index (χ4n) is 2.98. The SMILES string of the molecule is COc1cccc(-c2coc3ccccc3c2=O)c1OC(=O)c1ccccc1. The van der Waals surface area contributed by atoms with Gasteiger partial charge in [0, 0.05) is 5.56 Å². The number of fused-ring (bicyclic) bond motifs is 1. The van der Waals surface area contributed by atoms with Gasteiger partial charge in [0.15, 0.2) is 11.5 Å². The zero-order chi connectivity index (χ0) is 19.5. The number of rotatable bonds is 4. The Labute approximate surface area is 160 Å². The van der Waals surface area contributed by atoms with Gasteiger partial charge in [-0.05, 0) is 30.3 Å². The van der Waals surface area contributed by atoms with Crippen molar-refractivity contribution in [3.05, 3.63) is 94.8 Å². The smallest absolute Gasteiger partial charge is 0.343 e. The number of carbonyl (C=O) groups excluding carboxylic acids is 1. The lowest BCUT2D eigenvalue weighted by atomic mass is 10.0. The van der Waals surface area contributed by atoms with Gasteiger partial charge in [-0.15, -0.1) is 0 Å². The van der Waals surface area contributed by atoms with Crippen molar-refractivity contribution in [1.82, 2.24) is 0 Å². The Bertz CT molecular complexity index is 1210. The first kappa shape index (κ1) is 17.5. The average molecular weight is 372 g/mol. The topological polar surface area (TPSA) is 65.7 Å². The number of hydrogen-bond acceptors (Lipinski definition) is 5. The molecule has 0 aliphatic rings. The average Bonchev–Trinajstić information content (AvgIpc) is 2.75. The Hall–Kier alpha value is -3.86. The van der Waals surface area contributed by atoms with E-state index in [1.54, 1.807) is 66.7 Å². The fraction of sp³-hybridized carbons (Fsp3) is 0.0435. The highest BCUT2D eigenvalue weighted by Crippen LogP contribution is 2.38. The molecule has 0 saturated carbocycles. The largest absolute Gasteiger partial charge is 0.493 e. The molecule has 5 heteroatoms. The van der Waals surface area contributed by atoms with Gasteiger partial charge in [-0.1, -0.05) is 42.5 Å². The van der Waals surface area contributed by atoms with Crippen molar-refractivity contribution in [1.29, 1.82) is 0 Å². The summed E-state index contributed by atoms with van der Waals surface area (Å²) in [6.45, 7) is 0. The second-order valence-corrected chi connectivity index (χ2v) is 6.07. The molecule has 0 saturated heterocycles. The van der Waals surface area contributed by atoms with Crippen LogP contribution in [0.2, 0.25) is 0 Å². The summed E-state index contributed by atoms with van der Waals surface area (Å²) in [6.07, 6.45) is 1.37. The minimum Gasteiger partial charge on any atom is -0.493 e. The molecule has 3 aromatic carbocycles. The van der Waals surface area contributed by atoms with Gasteiger partial charge in [-0.2, -0.15) is 0 Å². The van der Waals surface area contributed by atoms with Crippen LogP contribution in [0.4, 0.5) is 0 Å². The maximum Gasteiger partial charge on any atom is 0.343 e. The van der Waals surface area contributed by atoms with Gasteiger partial charge < -0.3 is 13.9 Å². The van der Waals surface area contributed by atoms with Gasteiger partial charge in [0.05, 0.1) is 23.6 Å². The van der Waals surface area contributed by atoms with Crippen molar-refractivity contribution in [2.24, 2.45) is 0 Å². The number of para-hydroxylation sites is 2. The predicted octanol–water partition coefficient (Wildman–Crippen LogP) is 4.69. The van der Waals surface area contributed by atoms with Crippen molar-refractivity contribution in [3.63, 3.8) is 0 Å². The van der Waals surface area contributed by atoms with E-state index >= 15 is 0 Å². The third-order valence-corrected chi connectivity index (χ3v) is 4.37. The highest BCUT2D eigenvalue weighted by molar-refractivity contribution is 5.93. The number of methoxy groups -OCH3 is 1. The van der Waals surface area contributed by atoms with E-state index in [2.05, 4.69) is 0 Å². The van der Waals surface area contributed by atoms with Crippen LogP contribution in [0, 0.1) is 0 Å². The Kier molecular flexibility index (Phi) is 4.64. The number of hydrogen-bond donors (Lipinski definition) is 0. The normalized spacial score (nSPS) is 10.6. The summed E-state index contributed by atoms with van der Waals surface area (Å²) in [4.78, 5) is 25.6. The molecular weight excluding hydrogens is 356 g/mol. The van der Waals surface area contributed by atoms with E-state index in [1.807, 2.05) is 6.07 Å². The van der Waals surface area contributed by atoms with Gasteiger partial charge in [-0.3, -0.25) is 4.79 Å². The minimum absolute atomic E-state index is 0.168. The lowest BCUT2D eigenvalue weighted by molar-refractivity contribution is 0.0730. The molecule has 138 valence electrons. The van der Waals surface area contributed by atoms with Crippen molar-refractivity contribution < 1.29 is 18.7 Å². The molecule has 1 heterocycles. The monoisotopic (exact) mass is 372 g/mol. The summed E-state index contributed by atoms with van der Waals surface area (Å²) >= 11 is 0. The van der Waals surface area contributed by atoms with E-state index in [1.165, 1.54) is 13.4 Å². The maximum absolute atomic E-state index is 13.0. The van der Waals surface area contributed by atoms with Crippen molar-refractivity contribution >= 4 is 16.9 Å². The maximum atomic E-state index is 13.0. The molecular formula is C23H16O5. The third kappa shape index (κ3) is 3.14. The molecule has 28 heavy (non-hydrogen) atoms. The van der Waals surface area contributed by atoms with Crippen molar-refractivity contribution in [2.45, 2.75) is 0 Å². The predicted molar refractivity (Wildman–Crippen MR) is 106 cm³/mol. The molecule has 4 rings (SSSR count). The summed E-state index contributed by atoms with van der Waals surface area (Å²) in [5.41, 5.74) is 1.37. The summed E-state index contributed by atoms with van der Waals surface area (Å²) in [6, 6.07) is 20.7. The molecule has 5 nitrogen and oxygen atoms in total. The summed E-state index contributed by atoms with van der Waals surface area (Å²) < 4.78 is 16.6. The molecule has 1 aromatic heterocycles. The van der Waals surface area contributed by atoms with Gasteiger partial charge >= 0.3 is 5.97 Å². The van der Waals surface area contributed by atoms with Crippen LogP contribution < -0.4 is 14.9 Å². The molecule has 0 fully saturated rings. The molecule has 0 unspecified atom stereocenters. The van der Waals surface area contributed by atoms with Crippen LogP contribution >= 0.6 is 0 Å². The third-order valence-electron chi connectivity index (χ3n) is 4.37. The summed E-state index contributed by atoms with van der Waals surface area (Å²) in [7, 11) is 1.47. The van der Waals surface area contributed by atoms with Gasteiger partial charge in [0.1, 0.15) is 11.8 Å². The van der Waals surface area contributed by atoms with E-state index in [-0.39, 0.29) is 16.7 Å². The molecule has 0 aliphatic heterocycles. The number of carbonyl (C=O) groups is 1. The first-order valence-electron chi connectivity index (χ1n) is 8.64. The van der Waals surface area contributed by atoms with Crippen LogP contribution in [0.3, 0.4) is 0 Å². The van der Waals surface area contributed by atoms with Gasteiger partial charge in [-0.25, -0.2) is 4.79 Å². The zero-order valence-electron chi connectivity index (χ0n) is 15.0. The van der Waals surface area contributed by atoms with Crippen LogP contribution in [-0.2, 0) is 0 Å². The number of ether oxygens (including phenoxy) is 2. The van der Waals surface area contributed by atoms with Crippen LogP contribution in [0.1, 0.15) is 10.4 Å². The molecule has 0 bridgehead atoms. The lowest BCUT2D eigenvalue weighted by Gasteiger charge is -2.14. The quantitative estimate of drug-likeness (QED) is 0.384. The molecule has 0 spiro atoms. The van der Waals surface area contributed by atoms with E-state index in [0.717, 1.165) is 0 Å². The van der Waals surface area contributed by atoms with Crippen molar-refractivity contribution in [3.8, 4) is 22.6 Å². The number of esters is 1. The van der Waals surface area contributed by atoms with Gasteiger partial charge in [0.2, 0.25) is 5.43 Å². The Balaban J connectivity index is 1.86. The summed E-state index contributed by atoms with van der Waals surface area (Å²) in [5.74, 6) is -0.0349. The number of benzene rings is 3. The van der Waals surface area contributed by atoms with Crippen molar-refractivity contribution in [2.75, 3.05) is 7.11 Å². The van der Waals surface area contributed by atoms with Crippen LogP contribution in [0.5, 0.6) is 11.5 Å². The Morgan fingerprint density at radius 1 is 0.857 bits per heavy atom. The molecule has 0 atom stereocenters. The van der Waals surface area contributed by atoms with Crippen LogP contribution in [-0.4, -0.2) is 13.1 Å². The second-order valence-electron chi connectivity index (χ2n) is 6.07. The second kappa shape index (κ2) is 7.40. The summed E-state index contributed by atoms with van der Waals surface area (Å²) in [5, 5.41) is 0.447. The lowest BCUT2D eigenvalue weighted by Crippen LogP contribution is -2.12. The zero-order valence-corrected chi connectivity index (χ0v) is 15.0. The fourth-order valence-corrected chi connectivity index (χ4v) is 2.98. The Morgan fingerprint density at radius 2 is 1.61 bits per heavy atom. The first-order valence-corrected chi connectivity index (χ1v) is 8.64. The highest BCUT2D eigenvalue weighted by atomic mass is 16.6. The highest BCUT2D eigenvalue weighted by Gasteiger charge is 2.20. The molecule has 4 aromatic rings. The molecule has 0 radical (unpaired) electrons. The Morgan fingerprint density at radius 3 is 2.39 bits per heavy atom. The van der Waals surface area contributed by atoms with Crippen LogP contribution in [0.25, 0.3) is 22.1 Å². The molecule has 0 N–H and O–H groups in total. The standard InChI is InChI=1S/C23H16O5/c1-26-20-13-7-11-16(22(20)28-23(25)15-8-3-2-4-9-15)18-14-27-19-12-6-5-10-17(19)21(18)24/h2-14H,1H3. The van der Waals surface area contributed by atoms with E-state index < -0.39 is 5.97 Å². The first-order chi connectivity index (χ1) is 13.7. The van der Waals surface area contributed by atoms with Crippen LogP contribution in [0.15, 0.2) is 88.3 Å². The van der Waals surface area contributed by atoms with E-state index in [4.69, 9.17) is 13.9 Å². The molecule has 0 amide bonds. The van der Waals surface area contributed by atoms with E-state index in [0.29, 0.717) is 27.8 Å². The van der Waals surface area contributed by atoms with Gasteiger partial charge in [0.25, 0.3) is 0 Å². The molecule has 0 aliphatic carbocycles. The minimum atomic E-state index is -0.545. The van der Waals surface area contributed by atoms with E-state index in [9.17, 15) is 9.59 Å².